The Bertz CT molecular complexity index is 1420. The average Bonchev–Trinajstić information content (AvgIpc) is 3.26. The van der Waals surface area contributed by atoms with Crippen LogP contribution in [-0.4, -0.2) is 26.4 Å². The molecule has 2 aromatic heterocycles. The third-order valence-electron chi connectivity index (χ3n) is 5.26. The second kappa shape index (κ2) is 9.96. The Morgan fingerprint density at radius 1 is 1.09 bits per heavy atom. The second-order valence-corrected chi connectivity index (χ2v) is 8.79. The maximum absolute atomic E-state index is 12.6. The van der Waals surface area contributed by atoms with E-state index in [0.717, 1.165) is 11.3 Å². The van der Waals surface area contributed by atoms with Crippen LogP contribution < -0.4 is 10.9 Å². The lowest BCUT2D eigenvalue weighted by atomic mass is 10.2. The van der Waals surface area contributed by atoms with Crippen molar-refractivity contribution in [1.29, 1.82) is 0 Å². The molecule has 4 rings (SSSR count). The zero-order valence-corrected chi connectivity index (χ0v) is 19.9. The summed E-state index contributed by atoms with van der Waals surface area (Å²) in [6, 6.07) is 12.5. The number of thiazole rings is 1. The van der Waals surface area contributed by atoms with E-state index in [1.165, 1.54) is 11.3 Å². The molecule has 4 aromatic rings. The summed E-state index contributed by atoms with van der Waals surface area (Å²) in [5.74, 6) is -0.673. The number of aryl methyl sites for hydroxylation is 3. The number of carbonyl (C=O) groups is 2. The number of anilines is 1. The lowest BCUT2D eigenvalue weighted by molar-refractivity contribution is -0.115. The van der Waals surface area contributed by atoms with Gasteiger partial charge in [-0.25, -0.2) is 14.8 Å². The molecule has 2 heterocycles. The molecule has 0 atom stereocenters. The molecule has 0 radical (unpaired) electrons. The summed E-state index contributed by atoms with van der Waals surface area (Å²) in [5, 5.41) is 5.25. The van der Waals surface area contributed by atoms with E-state index in [4.69, 9.17) is 4.74 Å². The Balaban J connectivity index is 1.37. The fourth-order valence-electron chi connectivity index (χ4n) is 3.51. The summed E-state index contributed by atoms with van der Waals surface area (Å²) < 4.78 is 7.03. The van der Waals surface area contributed by atoms with Crippen LogP contribution in [0.4, 0.5) is 5.69 Å². The molecule has 1 N–H and O–H groups in total. The van der Waals surface area contributed by atoms with Crippen molar-refractivity contribution >= 4 is 39.9 Å². The highest BCUT2D eigenvalue weighted by Crippen LogP contribution is 2.17. The first-order valence-electron chi connectivity index (χ1n) is 10.8. The molecule has 0 aliphatic heterocycles. The monoisotopic (exact) mass is 476 g/mol. The van der Waals surface area contributed by atoms with Crippen molar-refractivity contribution in [2.24, 2.45) is 0 Å². The maximum atomic E-state index is 12.6. The van der Waals surface area contributed by atoms with Crippen molar-refractivity contribution < 1.29 is 14.3 Å². The minimum absolute atomic E-state index is 0.00609. The summed E-state index contributed by atoms with van der Waals surface area (Å²) in [5.41, 5.74) is 4.23. The first kappa shape index (κ1) is 23.3. The van der Waals surface area contributed by atoms with Crippen molar-refractivity contribution in [1.82, 2.24) is 14.5 Å². The van der Waals surface area contributed by atoms with Crippen LogP contribution >= 0.6 is 11.3 Å². The van der Waals surface area contributed by atoms with Gasteiger partial charge in [0, 0.05) is 17.6 Å². The van der Waals surface area contributed by atoms with Gasteiger partial charge in [-0.3, -0.25) is 9.59 Å². The summed E-state index contributed by atoms with van der Waals surface area (Å²) >= 11 is 1.34. The zero-order valence-electron chi connectivity index (χ0n) is 19.1. The molecule has 8 nitrogen and oxygen atoms in total. The third-order valence-corrected chi connectivity index (χ3v) is 6.16. The summed E-state index contributed by atoms with van der Waals surface area (Å²) in [7, 11) is 0. The number of nitrogens with zero attached hydrogens (tertiary/aromatic N) is 3. The van der Waals surface area contributed by atoms with E-state index in [2.05, 4.69) is 15.3 Å². The first-order chi connectivity index (χ1) is 16.3. The van der Waals surface area contributed by atoms with Crippen LogP contribution in [0, 0.1) is 13.8 Å². The Kier molecular flexibility index (Phi) is 6.83. The minimum atomic E-state index is -0.512. The highest BCUT2D eigenvalue weighted by atomic mass is 32.1. The molecule has 2 aromatic carbocycles. The van der Waals surface area contributed by atoms with Crippen LogP contribution in [0.25, 0.3) is 11.0 Å². The Morgan fingerprint density at radius 3 is 2.59 bits per heavy atom. The molecule has 0 bridgehead atoms. The summed E-state index contributed by atoms with van der Waals surface area (Å²) in [4.78, 5) is 45.8. The molecule has 0 saturated carbocycles. The standard InChI is InChI=1S/C25H24N4O4S/c1-4-29-21-10-7-17(11-20(21)26-16(3)24(29)31)25(32)33-13-19-14-34-23(28-19)12-22(30)27-18-8-5-15(2)6-9-18/h5-11,14H,4,12-13H2,1-3H3,(H,27,30). The number of rotatable bonds is 7. The fourth-order valence-corrected chi connectivity index (χ4v) is 4.29. The van der Waals surface area contributed by atoms with Crippen molar-refractivity contribution in [2.75, 3.05) is 5.32 Å². The first-order valence-corrected chi connectivity index (χ1v) is 11.7. The SMILES string of the molecule is CCn1c(=O)c(C)nc2cc(C(=O)OCc3csc(CC(=O)Nc4ccc(C)cc4)n3)ccc21. The Morgan fingerprint density at radius 2 is 1.85 bits per heavy atom. The summed E-state index contributed by atoms with van der Waals surface area (Å²) in [6.45, 7) is 6.03. The molecular weight excluding hydrogens is 452 g/mol. The van der Waals surface area contributed by atoms with Crippen LogP contribution in [0.1, 0.15) is 39.2 Å². The van der Waals surface area contributed by atoms with E-state index in [1.54, 1.807) is 35.1 Å². The highest BCUT2D eigenvalue weighted by Gasteiger charge is 2.14. The van der Waals surface area contributed by atoms with E-state index in [1.807, 2.05) is 38.1 Å². The van der Waals surface area contributed by atoms with Crippen LogP contribution in [0.15, 0.2) is 52.6 Å². The lowest BCUT2D eigenvalue weighted by Gasteiger charge is -2.10. The number of carbonyl (C=O) groups excluding carboxylic acids is 2. The third kappa shape index (κ3) is 5.20. The van der Waals surface area contributed by atoms with Gasteiger partial charge in [-0.05, 0) is 51.1 Å². The van der Waals surface area contributed by atoms with Crippen LogP contribution in [0.5, 0.6) is 0 Å². The molecule has 9 heteroatoms. The number of aromatic nitrogens is 3. The number of esters is 1. The van der Waals surface area contributed by atoms with Crippen molar-refractivity contribution in [3.05, 3.63) is 85.7 Å². The smallest absolute Gasteiger partial charge is 0.338 e. The quantitative estimate of drug-likeness (QED) is 0.404. The zero-order chi connectivity index (χ0) is 24.2. The van der Waals surface area contributed by atoms with Gasteiger partial charge in [0.25, 0.3) is 5.56 Å². The fraction of sp³-hybridized carbons (Fsp3) is 0.240. The van der Waals surface area contributed by atoms with Gasteiger partial charge in [0.2, 0.25) is 5.91 Å². The molecule has 0 saturated heterocycles. The number of hydrogen-bond acceptors (Lipinski definition) is 7. The lowest BCUT2D eigenvalue weighted by Crippen LogP contribution is -2.23. The molecule has 0 fully saturated rings. The molecule has 0 unspecified atom stereocenters. The van der Waals surface area contributed by atoms with Crippen molar-refractivity contribution in [3.8, 4) is 0 Å². The number of amides is 1. The van der Waals surface area contributed by atoms with Gasteiger partial charge in [0.05, 0.1) is 28.7 Å². The van der Waals surface area contributed by atoms with E-state index in [9.17, 15) is 14.4 Å². The summed E-state index contributed by atoms with van der Waals surface area (Å²) in [6.07, 6.45) is 0.140. The number of fused-ring (bicyclic) bond motifs is 1. The van der Waals surface area contributed by atoms with Gasteiger partial charge in [0.15, 0.2) is 0 Å². The number of benzene rings is 2. The van der Waals surface area contributed by atoms with Crippen LogP contribution in [-0.2, 0) is 29.1 Å². The maximum Gasteiger partial charge on any atom is 0.338 e. The Labute approximate surface area is 200 Å². The van der Waals surface area contributed by atoms with Gasteiger partial charge < -0.3 is 14.6 Å². The van der Waals surface area contributed by atoms with E-state index >= 15 is 0 Å². The highest BCUT2D eigenvalue weighted by molar-refractivity contribution is 7.09. The van der Waals surface area contributed by atoms with Crippen LogP contribution in [0.3, 0.4) is 0 Å². The number of hydrogen-bond donors (Lipinski definition) is 1. The topological polar surface area (TPSA) is 103 Å². The molecule has 174 valence electrons. The van der Waals surface area contributed by atoms with E-state index < -0.39 is 5.97 Å². The van der Waals surface area contributed by atoms with Gasteiger partial charge in [0.1, 0.15) is 17.3 Å². The predicted octanol–water partition coefficient (Wildman–Crippen LogP) is 4.03. The van der Waals surface area contributed by atoms with Crippen LogP contribution in [0.2, 0.25) is 0 Å². The van der Waals surface area contributed by atoms with Gasteiger partial charge >= 0.3 is 5.97 Å². The molecule has 0 aliphatic rings. The van der Waals surface area contributed by atoms with E-state index in [0.29, 0.717) is 39.5 Å². The largest absolute Gasteiger partial charge is 0.456 e. The van der Waals surface area contributed by atoms with Gasteiger partial charge in [-0.2, -0.15) is 0 Å². The van der Waals surface area contributed by atoms with Crippen molar-refractivity contribution in [2.45, 2.75) is 40.3 Å². The molecule has 0 spiro atoms. The molecule has 1 amide bonds. The average molecular weight is 477 g/mol. The van der Waals surface area contributed by atoms with E-state index in [-0.39, 0.29) is 24.5 Å². The second-order valence-electron chi connectivity index (χ2n) is 7.85. The normalized spacial score (nSPS) is 10.9. The van der Waals surface area contributed by atoms with Gasteiger partial charge in [-0.15, -0.1) is 11.3 Å². The Hall–Kier alpha value is -3.85. The minimum Gasteiger partial charge on any atom is -0.456 e. The molecular formula is C25H24N4O4S. The predicted molar refractivity (Wildman–Crippen MR) is 131 cm³/mol. The molecule has 34 heavy (non-hydrogen) atoms. The van der Waals surface area contributed by atoms with Crippen molar-refractivity contribution in [3.63, 3.8) is 0 Å². The van der Waals surface area contributed by atoms with Gasteiger partial charge in [-0.1, -0.05) is 17.7 Å². The molecule has 0 aliphatic carbocycles. The number of nitrogens with one attached hydrogen (secondary N) is 1. The number of ether oxygens (including phenoxy) is 1.